The van der Waals surface area contributed by atoms with Crippen molar-refractivity contribution in [3.63, 3.8) is 0 Å². The average Bonchev–Trinajstić information content (AvgIpc) is 2.53. The van der Waals surface area contributed by atoms with Crippen LogP contribution in [-0.2, 0) is 9.22 Å². The van der Waals surface area contributed by atoms with Gasteiger partial charge in [-0.05, 0) is 53.7 Å². The molecule has 1 N–H and O–H groups in total. The molecule has 1 aliphatic heterocycles. The maximum absolute atomic E-state index is 12.2. The van der Waals surface area contributed by atoms with Gasteiger partial charge >= 0.3 is 0 Å². The lowest BCUT2D eigenvalue weighted by Gasteiger charge is -2.45. The Balaban J connectivity index is 2.04. The molecular weight excluding hydrogens is 346 g/mol. The molecule has 1 unspecified atom stereocenters. The van der Waals surface area contributed by atoms with Crippen molar-refractivity contribution in [2.45, 2.75) is 69.3 Å². The summed E-state index contributed by atoms with van der Waals surface area (Å²) in [4.78, 5) is 13.3. The molecule has 25 heavy (non-hydrogen) atoms. The minimum Gasteiger partial charge on any atom is -0.413 e. The van der Waals surface area contributed by atoms with E-state index in [1.54, 1.807) is 0 Å². The Morgan fingerprint density at radius 2 is 1.92 bits per heavy atom. The summed E-state index contributed by atoms with van der Waals surface area (Å²) in [5.41, 5.74) is 0. The summed E-state index contributed by atoms with van der Waals surface area (Å²) in [6.07, 6.45) is 0.768. The fourth-order valence-corrected chi connectivity index (χ4v) is 4.53. The van der Waals surface area contributed by atoms with Gasteiger partial charge < -0.3 is 9.74 Å². The van der Waals surface area contributed by atoms with Crippen LogP contribution in [-0.4, -0.2) is 26.4 Å². The summed E-state index contributed by atoms with van der Waals surface area (Å²) >= 11 is 1.49. The Morgan fingerprint density at radius 1 is 1.28 bits per heavy atom. The molecule has 1 saturated heterocycles. The number of hydrogen-bond acceptors (Lipinski definition) is 3. The zero-order chi connectivity index (χ0) is 18.7. The third-order valence-electron chi connectivity index (χ3n) is 5.14. The number of rotatable bonds is 5. The summed E-state index contributed by atoms with van der Waals surface area (Å²) in [6.45, 7) is 13.2. The van der Waals surface area contributed by atoms with E-state index < -0.39 is 8.32 Å². The number of nitrogens with one attached hydrogen (secondary N) is 1. The molecule has 5 heteroatoms. The van der Waals surface area contributed by atoms with Crippen molar-refractivity contribution in [3.8, 4) is 11.2 Å². The monoisotopic (exact) mass is 375 g/mol. The number of β-lactam (4-membered cyclic amide) rings is 1. The van der Waals surface area contributed by atoms with E-state index in [9.17, 15) is 4.79 Å². The molecule has 3 nitrogen and oxygen atoms in total. The first kappa shape index (κ1) is 20.1. The first-order chi connectivity index (χ1) is 11.7. The van der Waals surface area contributed by atoms with Gasteiger partial charge in [-0.3, -0.25) is 4.79 Å². The molecule has 0 aromatic heterocycles. The molecule has 0 radical (unpaired) electrons. The number of amides is 1. The van der Waals surface area contributed by atoms with Crippen molar-refractivity contribution in [3.05, 3.63) is 30.3 Å². The van der Waals surface area contributed by atoms with E-state index in [0.29, 0.717) is 0 Å². The molecule has 3 atom stereocenters. The van der Waals surface area contributed by atoms with Gasteiger partial charge in [0.05, 0.1) is 12.0 Å². The van der Waals surface area contributed by atoms with Crippen LogP contribution in [0.2, 0.25) is 18.1 Å². The van der Waals surface area contributed by atoms with E-state index >= 15 is 0 Å². The highest BCUT2D eigenvalue weighted by atomic mass is 32.2. The molecule has 1 aliphatic rings. The maximum atomic E-state index is 12.2. The van der Waals surface area contributed by atoms with Gasteiger partial charge in [-0.1, -0.05) is 51.8 Å². The molecule has 0 aliphatic carbocycles. The van der Waals surface area contributed by atoms with Crippen LogP contribution in [0.3, 0.4) is 0 Å². The van der Waals surface area contributed by atoms with Gasteiger partial charge in [0.25, 0.3) is 0 Å². The highest BCUT2D eigenvalue weighted by Gasteiger charge is 2.47. The minimum atomic E-state index is -1.91. The lowest BCUT2D eigenvalue weighted by atomic mass is 9.85. The van der Waals surface area contributed by atoms with Crippen LogP contribution in [0.4, 0.5) is 0 Å². The van der Waals surface area contributed by atoms with E-state index in [-0.39, 0.29) is 29.0 Å². The summed E-state index contributed by atoms with van der Waals surface area (Å²) in [7, 11) is -1.91. The van der Waals surface area contributed by atoms with Crippen LogP contribution in [0.5, 0.6) is 0 Å². The standard InChI is InChI=1S/C20H29NO2SSi/c1-7-17(23-25(5,6)20(2,3)4)18-16(21-19(18)22)13-14-24-15-11-9-8-10-12-15/h8-12,16-18H,7H2,1-6H3,(H,21,22)/t16-,17?,18-/m1/s1. The SMILES string of the molecule is CCC(O[Si](C)(C)C(C)(C)C)[C@@H]1C(=O)N[C@@H]1C#CSc1ccccc1. The Bertz CT molecular complexity index is 658. The van der Waals surface area contributed by atoms with Crippen molar-refractivity contribution in [2.24, 2.45) is 5.92 Å². The van der Waals surface area contributed by atoms with E-state index in [2.05, 4.69) is 57.3 Å². The predicted molar refractivity (Wildman–Crippen MR) is 108 cm³/mol. The van der Waals surface area contributed by atoms with Crippen molar-refractivity contribution < 1.29 is 9.22 Å². The predicted octanol–water partition coefficient (Wildman–Crippen LogP) is 4.65. The van der Waals surface area contributed by atoms with Gasteiger partial charge in [-0.15, -0.1) is 0 Å². The largest absolute Gasteiger partial charge is 0.413 e. The highest BCUT2D eigenvalue weighted by Crippen LogP contribution is 2.39. The maximum Gasteiger partial charge on any atom is 0.229 e. The van der Waals surface area contributed by atoms with Gasteiger partial charge in [0.2, 0.25) is 5.91 Å². The third kappa shape index (κ3) is 4.90. The smallest absolute Gasteiger partial charge is 0.229 e. The molecule has 1 fully saturated rings. The number of carbonyl (C=O) groups is 1. The van der Waals surface area contributed by atoms with Crippen LogP contribution in [0.1, 0.15) is 34.1 Å². The normalized spacial score (nSPS) is 21.6. The molecule has 0 bridgehead atoms. The van der Waals surface area contributed by atoms with Gasteiger partial charge in [0.1, 0.15) is 6.04 Å². The minimum absolute atomic E-state index is 0.0596. The lowest BCUT2D eigenvalue weighted by Crippen LogP contribution is -2.63. The third-order valence-corrected chi connectivity index (χ3v) is 10.4. The summed E-state index contributed by atoms with van der Waals surface area (Å²) in [5.74, 6) is 3.10. The van der Waals surface area contributed by atoms with E-state index in [1.807, 2.05) is 30.3 Å². The van der Waals surface area contributed by atoms with Gasteiger partial charge in [-0.25, -0.2) is 0 Å². The molecule has 0 saturated carbocycles. The van der Waals surface area contributed by atoms with E-state index in [4.69, 9.17) is 4.43 Å². The fourth-order valence-electron chi connectivity index (χ4n) is 2.51. The number of benzene rings is 1. The number of hydrogen-bond donors (Lipinski definition) is 1. The second kappa shape index (κ2) is 7.99. The average molecular weight is 376 g/mol. The molecule has 2 rings (SSSR count). The van der Waals surface area contributed by atoms with E-state index in [0.717, 1.165) is 11.3 Å². The van der Waals surface area contributed by atoms with E-state index in [1.165, 1.54) is 11.8 Å². The second-order valence-corrected chi connectivity index (χ2v) is 13.6. The Kier molecular flexibility index (Phi) is 6.42. The second-order valence-electron chi connectivity index (χ2n) is 8.00. The topological polar surface area (TPSA) is 38.3 Å². The summed E-state index contributed by atoms with van der Waals surface area (Å²) < 4.78 is 6.52. The number of carbonyl (C=O) groups excluding carboxylic acids is 1. The van der Waals surface area contributed by atoms with Crippen LogP contribution in [0.15, 0.2) is 35.2 Å². The molecule has 136 valence electrons. The van der Waals surface area contributed by atoms with Crippen molar-refractivity contribution >= 4 is 26.0 Å². The Labute approximate surface area is 157 Å². The Hall–Kier alpha value is -1.22. The summed E-state index contributed by atoms with van der Waals surface area (Å²) in [5, 5.41) is 6.19. The fraction of sp³-hybridized carbons (Fsp3) is 0.550. The molecule has 0 spiro atoms. The van der Waals surface area contributed by atoms with Crippen LogP contribution < -0.4 is 5.32 Å². The first-order valence-corrected chi connectivity index (χ1v) is 12.6. The zero-order valence-electron chi connectivity index (χ0n) is 16.1. The summed E-state index contributed by atoms with van der Waals surface area (Å²) in [6, 6.07) is 9.94. The number of thioether (sulfide) groups is 1. The molecular formula is C20H29NO2SSi. The van der Waals surface area contributed by atoms with Crippen molar-refractivity contribution in [2.75, 3.05) is 0 Å². The quantitative estimate of drug-likeness (QED) is 0.352. The van der Waals surface area contributed by atoms with Gasteiger partial charge in [0, 0.05) is 4.90 Å². The first-order valence-electron chi connectivity index (χ1n) is 8.86. The lowest BCUT2D eigenvalue weighted by molar-refractivity contribution is -0.138. The van der Waals surface area contributed by atoms with Crippen LogP contribution >= 0.6 is 11.8 Å². The zero-order valence-corrected chi connectivity index (χ0v) is 17.9. The van der Waals surface area contributed by atoms with Crippen LogP contribution in [0.25, 0.3) is 0 Å². The van der Waals surface area contributed by atoms with Crippen LogP contribution in [0, 0.1) is 17.1 Å². The Morgan fingerprint density at radius 3 is 2.44 bits per heavy atom. The molecule has 1 aromatic rings. The molecule has 1 heterocycles. The van der Waals surface area contributed by atoms with Crippen molar-refractivity contribution in [1.82, 2.24) is 5.32 Å². The highest BCUT2D eigenvalue weighted by molar-refractivity contribution is 8.03. The van der Waals surface area contributed by atoms with Gasteiger partial charge in [-0.2, -0.15) is 0 Å². The molecule has 1 aromatic carbocycles. The van der Waals surface area contributed by atoms with Gasteiger partial charge in [0.15, 0.2) is 8.32 Å². The van der Waals surface area contributed by atoms with Crippen molar-refractivity contribution in [1.29, 1.82) is 0 Å². The molecule has 1 amide bonds.